The quantitative estimate of drug-likeness (QED) is 0.349. The molecule has 2 aromatic heterocycles. The number of aromatic nitrogens is 4. The lowest BCUT2D eigenvalue weighted by molar-refractivity contribution is 0.187. The van der Waals surface area contributed by atoms with Gasteiger partial charge in [-0.2, -0.15) is 10.1 Å². The third-order valence-electron chi connectivity index (χ3n) is 7.88. The SMILES string of the molecule is C=C(c1cccc(O)c1OC)c1n[nH]c2nc(N3CCC4(CC3)Cc3ccccc3[C@H]4N)[nH]c(=O)c12. The van der Waals surface area contributed by atoms with Crippen molar-refractivity contribution in [1.29, 1.82) is 0 Å². The lowest BCUT2D eigenvalue weighted by Gasteiger charge is -2.42. The minimum absolute atomic E-state index is 0.0155. The van der Waals surface area contributed by atoms with Crippen molar-refractivity contribution < 1.29 is 9.84 Å². The number of phenolic OH excluding ortho intramolecular Hbond substituents is 1. The van der Waals surface area contributed by atoms with Gasteiger partial charge in [-0.15, -0.1) is 0 Å². The van der Waals surface area contributed by atoms with Gasteiger partial charge in [0.1, 0.15) is 11.1 Å². The van der Waals surface area contributed by atoms with Crippen LogP contribution in [0.25, 0.3) is 16.6 Å². The number of methoxy groups -OCH3 is 1. The van der Waals surface area contributed by atoms with Gasteiger partial charge in [0.2, 0.25) is 5.95 Å². The number of nitrogens with one attached hydrogen (secondary N) is 2. The molecular weight excluding hydrogens is 456 g/mol. The van der Waals surface area contributed by atoms with E-state index in [1.165, 1.54) is 24.3 Å². The summed E-state index contributed by atoms with van der Waals surface area (Å²) >= 11 is 0. The first-order valence-corrected chi connectivity index (χ1v) is 12.0. The first-order valence-electron chi connectivity index (χ1n) is 12.0. The number of phenols is 1. The van der Waals surface area contributed by atoms with Crippen LogP contribution < -0.4 is 20.9 Å². The van der Waals surface area contributed by atoms with Crippen molar-refractivity contribution >= 4 is 22.6 Å². The van der Waals surface area contributed by atoms with E-state index in [1.54, 1.807) is 12.1 Å². The number of aromatic hydroxyl groups is 1. The van der Waals surface area contributed by atoms with E-state index in [9.17, 15) is 9.90 Å². The predicted molar refractivity (Wildman–Crippen MR) is 138 cm³/mol. The fourth-order valence-electron chi connectivity index (χ4n) is 5.87. The maximum Gasteiger partial charge on any atom is 0.264 e. The number of ether oxygens (including phenoxy) is 1. The second-order valence-electron chi connectivity index (χ2n) is 9.72. The van der Waals surface area contributed by atoms with Gasteiger partial charge in [-0.3, -0.25) is 14.9 Å². The minimum atomic E-state index is -0.302. The minimum Gasteiger partial charge on any atom is -0.504 e. The van der Waals surface area contributed by atoms with Gasteiger partial charge in [-0.25, -0.2) is 0 Å². The zero-order chi connectivity index (χ0) is 25.0. The van der Waals surface area contributed by atoms with Crippen molar-refractivity contribution in [3.63, 3.8) is 0 Å². The number of aromatic amines is 2. The van der Waals surface area contributed by atoms with E-state index >= 15 is 0 Å². The molecule has 9 heteroatoms. The van der Waals surface area contributed by atoms with Crippen LogP contribution in [-0.2, 0) is 6.42 Å². The van der Waals surface area contributed by atoms with Gasteiger partial charge in [0, 0.05) is 30.3 Å². The molecule has 1 atom stereocenters. The highest BCUT2D eigenvalue weighted by Crippen LogP contribution is 2.50. The van der Waals surface area contributed by atoms with Crippen molar-refractivity contribution in [2.45, 2.75) is 25.3 Å². The number of para-hydroxylation sites is 1. The van der Waals surface area contributed by atoms with Crippen LogP contribution in [0.3, 0.4) is 0 Å². The van der Waals surface area contributed by atoms with Crippen LogP contribution in [0.15, 0.2) is 53.8 Å². The van der Waals surface area contributed by atoms with Gasteiger partial charge in [0.05, 0.1) is 7.11 Å². The van der Waals surface area contributed by atoms with Crippen LogP contribution in [0.2, 0.25) is 0 Å². The van der Waals surface area contributed by atoms with E-state index in [2.05, 4.69) is 55.9 Å². The second-order valence-corrected chi connectivity index (χ2v) is 9.72. The number of piperidine rings is 1. The number of rotatable bonds is 4. The molecule has 1 aliphatic heterocycles. The molecular formula is C27H28N6O3. The lowest BCUT2D eigenvalue weighted by Crippen LogP contribution is -2.45. The fourth-order valence-corrected chi connectivity index (χ4v) is 5.87. The number of nitrogens with zero attached hydrogens (tertiary/aromatic N) is 3. The van der Waals surface area contributed by atoms with E-state index in [0.717, 1.165) is 32.4 Å². The van der Waals surface area contributed by atoms with E-state index in [-0.39, 0.29) is 28.5 Å². The van der Waals surface area contributed by atoms with Crippen LogP contribution in [0, 0.1) is 5.41 Å². The molecule has 9 nitrogen and oxygen atoms in total. The number of nitrogens with two attached hydrogens (primary N) is 1. The highest BCUT2D eigenvalue weighted by molar-refractivity contribution is 5.94. The molecule has 0 radical (unpaired) electrons. The molecule has 36 heavy (non-hydrogen) atoms. The number of benzene rings is 2. The summed E-state index contributed by atoms with van der Waals surface area (Å²) in [5.41, 5.74) is 10.8. The van der Waals surface area contributed by atoms with E-state index in [1.807, 2.05) is 0 Å². The normalized spacial score (nSPS) is 18.5. The maximum atomic E-state index is 13.2. The Bertz CT molecular complexity index is 1550. The highest BCUT2D eigenvalue weighted by Gasteiger charge is 2.46. The highest BCUT2D eigenvalue weighted by atomic mass is 16.5. The summed E-state index contributed by atoms with van der Waals surface area (Å²) < 4.78 is 5.34. The summed E-state index contributed by atoms with van der Waals surface area (Å²) in [4.78, 5) is 23.0. The van der Waals surface area contributed by atoms with Crippen LogP contribution in [0.4, 0.5) is 5.95 Å². The molecule has 1 saturated heterocycles. The predicted octanol–water partition coefficient (Wildman–Crippen LogP) is 3.26. The first-order chi connectivity index (χ1) is 17.4. The van der Waals surface area contributed by atoms with Gasteiger partial charge < -0.3 is 20.5 Å². The number of H-pyrrole nitrogens is 2. The molecule has 3 heterocycles. The Kier molecular flexibility index (Phi) is 5.11. The van der Waals surface area contributed by atoms with Gasteiger partial charge in [0.15, 0.2) is 17.1 Å². The summed E-state index contributed by atoms with van der Waals surface area (Å²) in [7, 11) is 1.47. The summed E-state index contributed by atoms with van der Waals surface area (Å²) in [6.45, 7) is 5.62. The van der Waals surface area contributed by atoms with Crippen LogP contribution in [0.5, 0.6) is 11.5 Å². The molecule has 1 fully saturated rings. The maximum absolute atomic E-state index is 13.2. The second kappa shape index (κ2) is 8.23. The average Bonchev–Trinajstić information content (AvgIpc) is 3.44. The van der Waals surface area contributed by atoms with Gasteiger partial charge in [-0.1, -0.05) is 43.0 Å². The average molecular weight is 485 g/mol. The Labute approximate surface area is 207 Å². The van der Waals surface area contributed by atoms with Crippen molar-refractivity contribution in [1.82, 2.24) is 20.2 Å². The van der Waals surface area contributed by atoms with Crippen LogP contribution in [0.1, 0.15) is 41.3 Å². The summed E-state index contributed by atoms with van der Waals surface area (Å²) in [5, 5.41) is 17.7. The molecule has 0 bridgehead atoms. The number of anilines is 1. The molecule has 0 saturated carbocycles. The van der Waals surface area contributed by atoms with Crippen molar-refractivity contribution in [2.24, 2.45) is 11.1 Å². The molecule has 5 N–H and O–H groups in total. The fraction of sp³-hybridized carbons (Fsp3) is 0.296. The first kappa shape index (κ1) is 22.4. The molecule has 184 valence electrons. The van der Waals surface area contributed by atoms with Crippen molar-refractivity contribution in [2.75, 3.05) is 25.1 Å². The van der Waals surface area contributed by atoms with Crippen molar-refractivity contribution in [3.8, 4) is 11.5 Å². The Morgan fingerprint density at radius 1 is 1.22 bits per heavy atom. The van der Waals surface area contributed by atoms with Crippen LogP contribution in [-0.4, -0.2) is 45.5 Å². The Morgan fingerprint density at radius 2 is 2.00 bits per heavy atom. The third-order valence-corrected chi connectivity index (χ3v) is 7.88. The van der Waals surface area contributed by atoms with E-state index < -0.39 is 0 Å². The Morgan fingerprint density at radius 3 is 2.75 bits per heavy atom. The van der Waals surface area contributed by atoms with Gasteiger partial charge in [-0.05, 0) is 41.9 Å². The van der Waals surface area contributed by atoms with E-state index in [0.29, 0.717) is 33.8 Å². The Hall–Kier alpha value is -4.11. The van der Waals surface area contributed by atoms with Crippen LogP contribution >= 0.6 is 0 Å². The van der Waals surface area contributed by atoms with Gasteiger partial charge >= 0.3 is 0 Å². The smallest absolute Gasteiger partial charge is 0.264 e. The molecule has 6 rings (SSSR count). The molecule has 0 unspecified atom stereocenters. The summed E-state index contributed by atoms with van der Waals surface area (Å²) in [5.74, 6) is 0.773. The molecule has 2 aliphatic rings. The molecule has 1 aliphatic carbocycles. The van der Waals surface area contributed by atoms with E-state index in [4.69, 9.17) is 10.5 Å². The number of hydrogen-bond donors (Lipinski definition) is 4. The monoisotopic (exact) mass is 484 g/mol. The van der Waals surface area contributed by atoms with Gasteiger partial charge in [0.25, 0.3) is 5.56 Å². The standard InChI is InChI=1S/C27H28N6O3/c1-15(17-8-5-9-19(34)22(17)36-2)21-20-24(32-31-21)29-26(30-25(20)35)33-12-10-27(11-13-33)14-16-6-3-4-7-18(16)23(27)28/h3-9,23,34H,1,10-14,28H2,2H3,(H2,29,30,31,32,35)/t23-/m1/s1. The van der Waals surface area contributed by atoms with Crippen molar-refractivity contribution in [3.05, 3.63) is 81.8 Å². The summed E-state index contributed by atoms with van der Waals surface area (Å²) in [6, 6.07) is 13.5. The molecule has 4 aromatic rings. The zero-order valence-electron chi connectivity index (χ0n) is 20.0. The third kappa shape index (κ3) is 3.30. The zero-order valence-corrected chi connectivity index (χ0v) is 20.0. The number of fused-ring (bicyclic) bond motifs is 2. The Balaban J connectivity index is 1.27. The number of hydrogen-bond acceptors (Lipinski definition) is 7. The molecule has 1 spiro atoms. The lowest BCUT2D eigenvalue weighted by atomic mass is 9.73. The summed E-state index contributed by atoms with van der Waals surface area (Å²) in [6.07, 6.45) is 2.84. The molecule has 2 aromatic carbocycles. The molecule has 0 amide bonds. The largest absolute Gasteiger partial charge is 0.504 e. The topological polar surface area (TPSA) is 133 Å².